The fourth-order valence-corrected chi connectivity index (χ4v) is 4.43. The van der Waals surface area contributed by atoms with Gasteiger partial charge >= 0.3 is 0 Å². The van der Waals surface area contributed by atoms with E-state index in [9.17, 15) is 9.90 Å². The Hall–Kier alpha value is -3.02. The molecule has 11 nitrogen and oxygen atoms in total. The minimum atomic E-state index is -0.127. The van der Waals surface area contributed by atoms with Crippen molar-refractivity contribution in [2.45, 2.75) is 64.5 Å². The third-order valence-electron chi connectivity index (χ3n) is 6.35. The molecule has 0 saturated heterocycles. The number of amides is 1. The van der Waals surface area contributed by atoms with Gasteiger partial charge in [-0.25, -0.2) is 0 Å². The number of carbonyl (C=O) groups excluding carboxylic acids is 1. The van der Waals surface area contributed by atoms with Crippen LogP contribution in [0.5, 0.6) is 0 Å². The van der Waals surface area contributed by atoms with E-state index in [1.54, 1.807) is 12.1 Å². The van der Waals surface area contributed by atoms with E-state index in [0.29, 0.717) is 74.9 Å². The zero-order valence-corrected chi connectivity index (χ0v) is 23.3. The average molecular weight is 544 g/mol. The first kappa shape index (κ1) is 30.5. The van der Waals surface area contributed by atoms with Crippen molar-refractivity contribution in [1.82, 2.24) is 20.3 Å². The fourth-order valence-electron chi connectivity index (χ4n) is 4.43. The summed E-state index contributed by atoms with van der Waals surface area (Å²) in [5.74, 6) is 1.77. The molecule has 0 unspecified atom stereocenters. The van der Waals surface area contributed by atoms with Crippen molar-refractivity contribution in [1.29, 1.82) is 0 Å². The molecule has 216 valence electrons. The number of nitrogens with one attached hydrogen (secondary N) is 4. The lowest BCUT2D eigenvalue weighted by Crippen LogP contribution is -2.28. The van der Waals surface area contributed by atoms with Crippen LogP contribution in [0.1, 0.15) is 62.7 Å². The number of aliphatic hydroxyl groups excluding tert-OH is 1. The normalized spacial score (nSPS) is 14.7. The largest absolute Gasteiger partial charge is 0.394 e. The Bertz CT molecular complexity index is 958. The highest BCUT2D eigenvalue weighted by Crippen LogP contribution is 2.21. The van der Waals surface area contributed by atoms with Crippen molar-refractivity contribution in [3.8, 4) is 0 Å². The van der Waals surface area contributed by atoms with Gasteiger partial charge in [-0.15, -0.1) is 0 Å². The second-order valence-corrected chi connectivity index (χ2v) is 10.2. The van der Waals surface area contributed by atoms with Crippen molar-refractivity contribution in [2.75, 3.05) is 62.1 Å². The maximum Gasteiger partial charge on any atom is 0.251 e. The van der Waals surface area contributed by atoms with Gasteiger partial charge in [-0.2, -0.15) is 15.0 Å². The van der Waals surface area contributed by atoms with Crippen molar-refractivity contribution >= 4 is 23.8 Å². The van der Waals surface area contributed by atoms with Gasteiger partial charge in [-0.3, -0.25) is 4.79 Å². The number of hydrogen-bond acceptors (Lipinski definition) is 10. The molecular formula is C28H45N7O4. The summed E-state index contributed by atoms with van der Waals surface area (Å²) in [7, 11) is 0. The Morgan fingerprint density at radius 2 is 1.59 bits per heavy atom. The zero-order valence-electron chi connectivity index (χ0n) is 23.3. The van der Waals surface area contributed by atoms with Crippen LogP contribution in [-0.2, 0) is 9.47 Å². The van der Waals surface area contributed by atoms with Gasteiger partial charge in [0.25, 0.3) is 5.91 Å². The SMILES string of the molecule is CC(C)C[C@H](CO)Nc1nc(NCCOCCOCCNC(=O)c2ccccc2)nc(NC2CCCCC2)n1. The molecule has 2 aromatic rings. The summed E-state index contributed by atoms with van der Waals surface area (Å²) in [6.45, 7) is 6.98. The Morgan fingerprint density at radius 1 is 0.923 bits per heavy atom. The molecule has 1 aliphatic carbocycles. The summed E-state index contributed by atoms with van der Waals surface area (Å²) >= 11 is 0. The molecule has 1 saturated carbocycles. The van der Waals surface area contributed by atoms with Gasteiger partial charge < -0.3 is 35.8 Å². The number of hydrogen-bond donors (Lipinski definition) is 5. The standard InChI is InChI=1S/C28H45N7O4/c1-21(2)19-24(20-36)32-28-34-26(33-27(35-28)31-23-11-7-4-8-12-23)30-14-16-39-18-17-38-15-13-29-25(37)22-9-5-3-6-10-22/h3,5-6,9-10,21,23-24,36H,4,7-8,11-20H2,1-2H3,(H,29,37)(H3,30,31,32,33,34,35)/t24-/m1/s1. The molecule has 1 fully saturated rings. The van der Waals surface area contributed by atoms with Crippen LogP contribution >= 0.6 is 0 Å². The Balaban J connectivity index is 1.37. The van der Waals surface area contributed by atoms with E-state index in [0.717, 1.165) is 19.3 Å². The van der Waals surface area contributed by atoms with E-state index in [4.69, 9.17) is 9.47 Å². The second kappa shape index (κ2) is 17.5. The molecule has 1 aliphatic rings. The van der Waals surface area contributed by atoms with Crippen LogP contribution in [-0.4, -0.2) is 84.2 Å². The predicted octanol–water partition coefficient (Wildman–Crippen LogP) is 3.31. The molecule has 0 spiro atoms. The topological polar surface area (TPSA) is 143 Å². The first-order valence-electron chi connectivity index (χ1n) is 14.2. The first-order valence-corrected chi connectivity index (χ1v) is 14.2. The summed E-state index contributed by atoms with van der Waals surface area (Å²) in [4.78, 5) is 25.6. The summed E-state index contributed by atoms with van der Waals surface area (Å²) in [6, 6.07) is 9.34. The number of aromatic nitrogens is 3. The van der Waals surface area contributed by atoms with Crippen LogP contribution in [0.4, 0.5) is 17.8 Å². The molecule has 5 N–H and O–H groups in total. The zero-order chi connectivity index (χ0) is 27.7. The minimum Gasteiger partial charge on any atom is -0.394 e. The number of ether oxygens (including phenoxy) is 2. The van der Waals surface area contributed by atoms with Crippen LogP contribution < -0.4 is 21.3 Å². The van der Waals surface area contributed by atoms with Crippen LogP contribution in [0, 0.1) is 5.92 Å². The molecule has 1 aromatic carbocycles. The Morgan fingerprint density at radius 3 is 2.28 bits per heavy atom. The average Bonchev–Trinajstić information content (AvgIpc) is 2.94. The van der Waals surface area contributed by atoms with Crippen LogP contribution in [0.25, 0.3) is 0 Å². The highest BCUT2D eigenvalue weighted by molar-refractivity contribution is 5.94. The highest BCUT2D eigenvalue weighted by atomic mass is 16.5. The number of nitrogens with zero attached hydrogens (tertiary/aromatic N) is 3. The molecule has 39 heavy (non-hydrogen) atoms. The molecule has 11 heteroatoms. The molecular weight excluding hydrogens is 498 g/mol. The van der Waals surface area contributed by atoms with E-state index >= 15 is 0 Å². The molecule has 0 aliphatic heterocycles. The fraction of sp³-hybridized carbons (Fsp3) is 0.643. The number of anilines is 3. The maximum absolute atomic E-state index is 12.0. The predicted molar refractivity (Wildman–Crippen MR) is 153 cm³/mol. The van der Waals surface area contributed by atoms with Gasteiger partial charge in [0, 0.05) is 24.7 Å². The van der Waals surface area contributed by atoms with Gasteiger partial charge in [0.05, 0.1) is 39.1 Å². The third-order valence-corrected chi connectivity index (χ3v) is 6.35. The Kier molecular flexibility index (Phi) is 13.7. The smallest absolute Gasteiger partial charge is 0.251 e. The first-order chi connectivity index (χ1) is 19.0. The van der Waals surface area contributed by atoms with E-state index in [-0.39, 0.29) is 18.6 Å². The van der Waals surface area contributed by atoms with Gasteiger partial charge in [0.15, 0.2) is 0 Å². The maximum atomic E-state index is 12.0. The van der Waals surface area contributed by atoms with E-state index in [2.05, 4.69) is 50.1 Å². The van der Waals surface area contributed by atoms with Gasteiger partial charge in [-0.1, -0.05) is 51.3 Å². The minimum absolute atomic E-state index is 0.00726. The van der Waals surface area contributed by atoms with E-state index in [1.165, 1.54) is 19.3 Å². The molecule has 1 atom stereocenters. The van der Waals surface area contributed by atoms with Crippen LogP contribution in [0.15, 0.2) is 30.3 Å². The van der Waals surface area contributed by atoms with Crippen LogP contribution in [0.3, 0.4) is 0 Å². The van der Waals surface area contributed by atoms with Gasteiger partial charge in [-0.05, 0) is 37.3 Å². The van der Waals surface area contributed by atoms with Crippen LogP contribution in [0.2, 0.25) is 0 Å². The molecule has 1 aromatic heterocycles. The summed E-state index contributed by atoms with van der Waals surface area (Å²) in [5.41, 5.74) is 0.634. The van der Waals surface area contributed by atoms with E-state index < -0.39 is 0 Å². The number of carbonyl (C=O) groups is 1. The van der Waals surface area contributed by atoms with Crippen molar-refractivity contribution in [3.05, 3.63) is 35.9 Å². The van der Waals surface area contributed by atoms with Crippen molar-refractivity contribution < 1.29 is 19.4 Å². The summed E-state index contributed by atoms with van der Waals surface area (Å²) in [5, 5.41) is 22.6. The third kappa shape index (κ3) is 12.1. The highest BCUT2D eigenvalue weighted by Gasteiger charge is 2.17. The molecule has 0 radical (unpaired) electrons. The monoisotopic (exact) mass is 543 g/mol. The van der Waals surface area contributed by atoms with Crippen molar-refractivity contribution in [2.24, 2.45) is 5.92 Å². The Labute approximate surface area is 231 Å². The van der Waals surface area contributed by atoms with Gasteiger partial charge in [0.2, 0.25) is 17.8 Å². The van der Waals surface area contributed by atoms with Gasteiger partial charge in [0.1, 0.15) is 0 Å². The molecule has 0 bridgehead atoms. The number of rotatable bonds is 18. The lowest BCUT2D eigenvalue weighted by molar-refractivity contribution is 0.0519. The summed E-state index contributed by atoms with van der Waals surface area (Å²) < 4.78 is 11.2. The second-order valence-electron chi connectivity index (χ2n) is 10.2. The lowest BCUT2D eigenvalue weighted by atomic mass is 9.96. The molecule has 1 heterocycles. The lowest BCUT2D eigenvalue weighted by Gasteiger charge is -2.23. The van der Waals surface area contributed by atoms with E-state index in [1.807, 2.05) is 18.2 Å². The summed E-state index contributed by atoms with van der Waals surface area (Å²) in [6.07, 6.45) is 6.73. The van der Waals surface area contributed by atoms with Crippen molar-refractivity contribution in [3.63, 3.8) is 0 Å². The quantitative estimate of drug-likeness (QED) is 0.178. The number of benzene rings is 1. The molecule has 3 rings (SSSR count). The molecule has 1 amide bonds. The number of aliphatic hydroxyl groups is 1.